The first kappa shape index (κ1) is 9.43. The Bertz CT molecular complexity index is 114. The molecule has 1 amide bonds. The van der Waals surface area contributed by atoms with Crippen LogP contribution in [-0.4, -0.2) is 19.0 Å². The minimum atomic E-state index is -0.352. The van der Waals surface area contributed by atoms with Crippen LogP contribution in [-0.2, 0) is 4.79 Å². The molecule has 0 aromatic rings. The van der Waals surface area contributed by atoms with E-state index in [1.54, 1.807) is 7.05 Å². The molecule has 3 N–H and O–H groups in total. The van der Waals surface area contributed by atoms with Gasteiger partial charge in [-0.1, -0.05) is 20.3 Å². The van der Waals surface area contributed by atoms with Gasteiger partial charge in [-0.3, -0.25) is 4.79 Å². The molecule has 0 heterocycles. The first-order valence-electron chi connectivity index (χ1n) is 3.60. The summed E-state index contributed by atoms with van der Waals surface area (Å²) >= 11 is 0. The van der Waals surface area contributed by atoms with Crippen LogP contribution in [0.2, 0.25) is 0 Å². The summed E-state index contributed by atoms with van der Waals surface area (Å²) in [5, 5.41) is 2.52. The van der Waals surface area contributed by atoms with Crippen LogP contribution in [0.25, 0.3) is 0 Å². The molecule has 0 spiro atoms. The number of likely N-dealkylation sites (N-methyl/N-ethyl adjacent to an activating group) is 1. The molecule has 2 atom stereocenters. The van der Waals surface area contributed by atoms with Gasteiger partial charge in [0.1, 0.15) is 0 Å². The van der Waals surface area contributed by atoms with E-state index < -0.39 is 0 Å². The molecular weight excluding hydrogens is 128 g/mol. The lowest BCUT2D eigenvalue weighted by atomic mass is 10.00. The van der Waals surface area contributed by atoms with Crippen LogP contribution in [0.1, 0.15) is 20.3 Å². The lowest BCUT2D eigenvalue weighted by Gasteiger charge is -2.15. The lowest BCUT2D eigenvalue weighted by molar-refractivity contribution is -0.122. The van der Waals surface area contributed by atoms with Crippen molar-refractivity contribution >= 4 is 5.91 Å². The van der Waals surface area contributed by atoms with Crippen LogP contribution in [0.15, 0.2) is 0 Å². The van der Waals surface area contributed by atoms with Gasteiger partial charge in [-0.2, -0.15) is 0 Å². The number of carbonyl (C=O) groups is 1. The van der Waals surface area contributed by atoms with Crippen LogP contribution in [0.3, 0.4) is 0 Å². The predicted molar refractivity (Wildman–Crippen MR) is 41.5 cm³/mol. The number of hydrogen-bond acceptors (Lipinski definition) is 2. The zero-order chi connectivity index (χ0) is 8.15. The maximum atomic E-state index is 10.9. The van der Waals surface area contributed by atoms with E-state index in [4.69, 9.17) is 5.73 Å². The minimum absolute atomic E-state index is 0.0747. The Hall–Kier alpha value is -0.570. The van der Waals surface area contributed by atoms with Crippen molar-refractivity contribution in [2.75, 3.05) is 7.05 Å². The SMILES string of the molecule is CC[C@H](C)[C@H](N)C(=O)NC. The molecule has 3 heteroatoms. The molecule has 0 unspecified atom stereocenters. The van der Waals surface area contributed by atoms with Gasteiger partial charge in [0.2, 0.25) is 5.91 Å². The van der Waals surface area contributed by atoms with Gasteiger partial charge in [0.15, 0.2) is 0 Å². The molecule has 0 saturated heterocycles. The fourth-order valence-electron chi connectivity index (χ4n) is 0.679. The molecule has 60 valence electrons. The normalized spacial score (nSPS) is 16.0. The highest BCUT2D eigenvalue weighted by molar-refractivity contribution is 5.81. The average molecular weight is 144 g/mol. The van der Waals surface area contributed by atoms with Crippen molar-refractivity contribution in [1.29, 1.82) is 0 Å². The Labute approximate surface area is 62.0 Å². The highest BCUT2D eigenvalue weighted by atomic mass is 16.2. The molecule has 3 nitrogen and oxygen atoms in total. The Morgan fingerprint density at radius 3 is 2.50 bits per heavy atom. The van der Waals surface area contributed by atoms with Crippen LogP contribution < -0.4 is 11.1 Å². The monoisotopic (exact) mass is 144 g/mol. The summed E-state index contributed by atoms with van der Waals surface area (Å²) in [4.78, 5) is 10.9. The summed E-state index contributed by atoms with van der Waals surface area (Å²) in [6.07, 6.45) is 0.939. The van der Waals surface area contributed by atoms with Gasteiger partial charge < -0.3 is 11.1 Å². The summed E-state index contributed by atoms with van der Waals surface area (Å²) in [6.45, 7) is 3.99. The summed E-state index contributed by atoms with van der Waals surface area (Å²) in [5.74, 6) is 0.189. The van der Waals surface area contributed by atoms with Gasteiger partial charge in [0.05, 0.1) is 6.04 Å². The van der Waals surface area contributed by atoms with Crippen LogP contribution >= 0.6 is 0 Å². The fraction of sp³-hybridized carbons (Fsp3) is 0.857. The van der Waals surface area contributed by atoms with Gasteiger partial charge in [-0.25, -0.2) is 0 Å². The second-order valence-electron chi connectivity index (χ2n) is 2.53. The van der Waals surface area contributed by atoms with E-state index in [1.807, 2.05) is 13.8 Å². The molecule has 0 aliphatic carbocycles. The quantitative estimate of drug-likeness (QED) is 0.590. The van der Waals surface area contributed by atoms with Gasteiger partial charge in [-0.05, 0) is 5.92 Å². The number of carbonyl (C=O) groups excluding carboxylic acids is 1. The average Bonchev–Trinajstić information content (AvgIpc) is 2.00. The molecule has 0 aromatic carbocycles. The Balaban J connectivity index is 3.81. The molecule has 0 bridgehead atoms. The third-order valence-corrected chi connectivity index (χ3v) is 1.81. The van der Waals surface area contributed by atoms with Crippen molar-refractivity contribution in [3.63, 3.8) is 0 Å². The standard InChI is InChI=1S/C7H16N2O/c1-4-5(2)6(8)7(10)9-3/h5-6H,4,8H2,1-3H3,(H,9,10)/t5-,6-/m0/s1. The number of hydrogen-bond donors (Lipinski definition) is 2. The van der Waals surface area contributed by atoms with Gasteiger partial charge >= 0.3 is 0 Å². The minimum Gasteiger partial charge on any atom is -0.358 e. The van der Waals surface area contributed by atoms with Crippen molar-refractivity contribution in [2.24, 2.45) is 11.7 Å². The zero-order valence-corrected chi connectivity index (χ0v) is 6.85. The molecule has 0 aromatic heterocycles. The number of amides is 1. The Morgan fingerprint density at radius 1 is 1.70 bits per heavy atom. The van der Waals surface area contributed by atoms with Crippen molar-refractivity contribution in [2.45, 2.75) is 26.3 Å². The molecule has 0 rings (SSSR count). The van der Waals surface area contributed by atoms with E-state index in [1.165, 1.54) is 0 Å². The highest BCUT2D eigenvalue weighted by Gasteiger charge is 2.17. The number of nitrogens with one attached hydrogen (secondary N) is 1. The molecule has 0 saturated carbocycles. The maximum absolute atomic E-state index is 10.9. The fourth-order valence-corrected chi connectivity index (χ4v) is 0.679. The second-order valence-corrected chi connectivity index (χ2v) is 2.53. The van der Waals surface area contributed by atoms with E-state index in [2.05, 4.69) is 5.32 Å². The molecule has 10 heavy (non-hydrogen) atoms. The van der Waals surface area contributed by atoms with Crippen molar-refractivity contribution in [3.05, 3.63) is 0 Å². The van der Waals surface area contributed by atoms with Crippen LogP contribution in [0, 0.1) is 5.92 Å². The third kappa shape index (κ3) is 2.35. The lowest BCUT2D eigenvalue weighted by Crippen LogP contribution is -2.43. The van der Waals surface area contributed by atoms with E-state index in [9.17, 15) is 4.79 Å². The van der Waals surface area contributed by atoms with Crippen molar-refractivity contribution < 1.29 is 4.79 Å². The molecule has 0 aliphatic rings. The first-order valence-corrected chi connectivity index (χ1v) is 3.60. The van der Waals surface area contributed by atoms with Gasteiger partial charge in [0, 0.05) is 7.05 Å². The molecule has 0 radical (unpaired) electrons. The summed E-state index contributed by atoms with van der Waals surface area (Å²) in [5.41, 5.74) is 5.57. The maximum Gasteiger partial charge on any atom is 0.236 e. The van der Waals surface area contributed by atoms with Crippen LogP contribution in [0.4, 0.5) is 0 Å². The highest BCUT2D eigenvalue weighted by Crippen LogP contribution is 2.04. The van der Waals surface area contributed by atoms with Gasteiger partial charge in [0.25, 0.3) is 0 Å². The van der Waals surface area contributed by atoms with Crippen molar-refractivity contribution in [3.8, 4) is 0 Å². The topological polar surface area (TPSA) is 55.1 Å². The van der Waals surface area contributed by atoms with E-state index in [0.29, 0.717) is 0 Å². The molecule has 0 fully saturated rings. The summed E-state index contributed by atoms with van der Waals surface area (Å²) in [6, 6.07) is -0.352. The Kier molecular flexibility index (Phi) is 4.03. The zero-order valence-electron chi connectivity index (χ0n) is 6.85. The first-order chi connectivity index (χ1) is 4.63. The summed E-state index contributed by atoms with van der Waals surface area (Å²) in [7, 11) is 1.60. The van der Waals surface area contributed by atoms with Gasteiger partial charge in [-0.15, -0.1) is 0 Å². The second kappa shape index (κ2) is 4.28. The molecular formula is C7H16N2O. The Morgan fingerprint density at radius 2 is 2.20 bits per heavy atom. The number of rotatable bonds is 3. The van der Waals surface area contributed by atoms with Crippen LogP contribution in [0.5, 0.6) is 0 Å². The molecule has 0 aliphatic heterocycles. The third-order valence-electron chi connectivity index (χ3n) is 1.81. The smallest absolute Gasteiger partial charge is 0.236 e. The van der Waals surface area contributed by atoms with E-state index in [-0.39, 0.29) is 17.9 Å². The number of nitrogens with two attached hydrogens (primary N) is 1. The largest absolute Gasteiger partial charge is 0.358 e. The van der Waals surface area contributed by atoms with E-state index >= 15 is 0 Å². The summed E-state index contributed by atoms with van der Waals surface area (Å²) < 4.78 is 0. The predicted octanol–water partition coefficient (Wildman–Crippen LogP) is 0.106. The van der Waals surface area contributed by atoms with E-state index in [0.717, 1.165) is 6.42 Å². The van der Waals surface area contributed by atoms with Crippen molar-refractivity contribution in [1.82, 2.24) is 5.32 Å².